The van der Waals surface area contributed by atoms with Crippen LogP contribution in [0.25, 0.3) is 0 Å². The number of benzene rings is 1. The molecule has 0 radical (unpaired) electrons. The highest BCUT2D eigenvalue weighted by molar-refractivity contribution is 7.99. The third-order valence-corrected chi connectivity index (χ3v) is 6.01. The Morgan fingerprint density at radius 3 is 2.66 bits per heavy atom. The molecule has 32 heavy (non-hydrogen) atoms. The van der Waals surface area contributed by atoms with Crippen LogP contribution in [0.5, 0.6) is 5.75 Å². The molecule has 1 aromatic carbocycles. The van der Waals surface area contributed by atoms with Gasteiger partial charge >= 0.3 is 0 Å². The minimum absolute atomic E-state index is 0.0163. The van der Waals surface area contributed by atoms with E-state index in [1.54, 1.807) is 0 Å². The minimum Gasteiger partial charge on any atom is -0.494 e. The second kappa shape index (κ2) is 12.3. The van der Waals surface area contributed by atoms with E-state index in [0.717, 1.165) is 43.1 Å². The number of carbonyl (C=O) groups is 2. The van der Waals surface area contributed by atoms with Gasteiger partial charge in [-0.1, -0.05) is 18.7 Å². The molecule has 0 aliphatic carbocycles. The van der Waals surface area contributed by atoms with E-state index in [1.165, 1.54) is 11.8 Å². The molecule has 8 nitrogen and oxygen atoms in total. The van der Waals surface area contributed by atoms with Crippen molar-refractivity contribution in [3.63, 3.8) is 0 Å². The van der Waals surface area contributed by atoms with Crippen LogP contribution in [0.15, 0.2) is 41.4 Å². The fraction of sp³-hybridized carbons (Fsp3) is 0.478. The largest absolute Gasteiger partial charge is 0.494 e. The minimum atomic E-state index is -0.109. The van der Waals surface area contributed by atoms with Gasteiger partial charge in [-0.3, -0.25) is 9.59 Å². The maximum absolute atomic E-state index is 12.3. The van der Waals surface area contributed by atoms with Crippen LogP contribution in [-0.4, -0.2) is 54.0 Å². The van der Waals surface area contributed by atoms with Gasteiger partial charge in [0.05, 0.1) is 18.3 Å². The van der Waals surface area contributed by atoms with Crippen molar-refractivity contribution < 1.29 is 14.3 Å². The van der Waals surface area contributed by atoms with Crippen LogP contribution in [0.2, 0.25) is 0 Å². The number of hydrogen-bond donors (Lipinski definition) is 2. The number of aromatic nitrogens is 2. The lowest BCUT2D eigenvalue weighted by Crippen LogP contribution is -2.43. The molecular weight excluding hydrogens is 426 g/mol. The van der Waals surface area contributed by atoms with E-state index < -0.39 is 0 Å². The molecule has 2 amide bonds. The van der Waals surface area contributed by atoms with Crippen LogP contribution >= 0.6 is 11.8 Å². The molecule has 0 unspecified atom stereocenters. The van der Waals surface area contributed by atoms with Crippen molar-refractivity contribution in [1.29, 1.82) is 0 Å². The van der Waals surface area contributed by atoms with Gasteiger partial charge in [0.15, 0.2) is 5.82 Å². The molecule has 0 bridgehead atoms. The highest BCUT2D eigenvalue weighted by Crippen LogP contribution is 2.23. The summed E-state index contributed by atoms with van der Waals surface area (Å²) in [5.74, 6) is 1.78. The summed E-state index contributed by atoms with van der Waals surface area (Å²) in [6.07, 6.45) is 2.79. The fourth-order valence-electron chi connectivity index (χ4n) is 3.49. The zero-order valence-corrected chi connectivity index (χ0v) is 19.5. The van der Waals surface area contributed by atoms with Crippen LogP contribution in [-0.2, 0) is 9.59 Å². The Morgan fingerprint density at radius 1 is 1.16 bits per heavy atom. The number of anilines is 2. The van der Waals surface area contributed by atoms with E-state index in [2.05, 4.69) is 25.7 Å². The lowest BCUT2D eigenvalue weighted by molar-refractivity contribution is -0.125. The molecule has 172 valence electrons. The summed E-state index contributed by atoms with van der Waals surface area (Å²) in [6.45, 7) is 6.82. The summed E-state index contributed by atoms with van der Waals surface area (Å²) in [5, 5.41) is 15.1. The predicted octanol–water partition coefficient (Wildman–Crippen LogP) is 3.35. The fourth-order valence-corrected chi connectivity index (χ4v) is 4.10. The van der Waals surface area contributed by atoms with Crippen LogP contribution < -0.4 is 20.3 Å². The van der Waals surface area contributed by atoms with Crippen LogP contribution in [0.3, 0.4) is 0 Å². The van der Waals surface area contributed by atoms with Crippen molar-refractivity contribution in [2.24, 2.45) is 5.92 Å². The summed E-state index contributed by atoms with van der Waals surface area (Å²) in [4.78, 5) is 26.6. The van der Waals surface area contributed by atoms with E-state index in [-0.39, 0.29) is 23.5 Å². The molecule has 1 saturated heterocycles. The molecule has 1 aliphatic rings. The van der Waals surface area contributed by atoms with Gasteiger partial charge in [-0.2, -0.15) is 0 Å². The summed E-state index contributed by atoms with van der Waals surface area (Å²) < 4.78 is 5.40. The highest BCUT2D eigenvalue weighted by Gasteiger charge is 2.26. The molecule has 0 spiro atoms. The first-order valence-corrected chi connectivity index (χ1v) is 12.1. The Bertz CT molecular complexity index is 876. The number of rotatable bonds is 10. The molecule has 2 aromatic rings. The van der Waals surface area contributed by atoms with Crippen LogP contribution in [0.1, 0.15) is 33.1 Å². The predicted molar refractivity (Wildman–Crippen MR) is 127 cm³/mol. The molecular formula is C23H31N5O3S. The number of piperidine rings is 1. The third-order valence-electron chi connectivity index (χ3n) is 5.09. The molecule has 1 aromatic heterocycles. The smallest absolute Gasteiger partial charge is 0.234 e. The number of amides is 2. The van der Waals surface area contributed by atoms with Crippen molar-refractivity contribution in [1.82, 2.24) is 15.5 Å². The Hall–Kier alpha value is -2.81. The molecule has 3 rings (SSSR count). The third kappa shape index (κ3) is 7.12. The van der Waals surface area contributed by atoms with E-state index in [9.17, 15) is 9.59 Å². The van der Waals surface area contributed by atoms with Gasteiger partial charge < -0.3 is 20.3 Å². The Kier molecular flexibility index (Phi) is 9.15. The molecule has 1 aliphatic heterocycles. The second-order valence-corrected chi connectivity index (χ2v) is 8.60. The average Bonchev–Trinajstić information content (AvgIpc) is 2.83. The maximum atomic E-state index is 12.3. The first-order chi connectivity index (χ1) is 15.6. The van der Waals surface area contributed by atoms with Crippen molar-refractivity contribution in [3.8, 4) is 5.75 Å². The topological polar surface area (TPSA) is 96.5 Å². The average molecular weight is 458 g/mol. The van der Waals surface area contributed by atoms with E-state index in [0.29, 0.717) is 24.7 Å². The second-order valence-electron chi connectivity index (χ2n) is 7.60. The van der Waals surface area contributed by atoms with Gasteiger partial charge in [-0.05, 0) is 62.6 Å². The van der Waals surface area contributed by atoms with Crippen molar-refractivity contribution >= 4 is 35.1 Å². The van der Waals surface area contributed by atoms with Crippen LogP contribution in [0.4, 0.5) is 11.5 Å². The number of hydrogen-bond acceptors (Lipinski definition) is 7. The Labute approximate surface area is 193 Å². The molecule has 2 N–H and O–H groups in total. The molecule has 1 atom stereocenters. The highest BCUT2D eigenvalue weighted by atomic mass is 32.2. The van der Waals surface area contributed by atoms with Crippen molar-refractivity contribution in [2.75, 3.05) is 42.2 Å². The lowest BCUT2D eigenvalue weighted by Gasteiger charge is -2.32. The first kappa shape index (κ1) is 23.8. The van der Waals surface area contributed by atoms with E-state index in [4.69, 9.17) is 4.74 Å². The molecule has 0 saturated carbocycles. The number of nitrogens with one attached hydrogen (secondary N) is 2. The zero-order valence-electron chi connectivity index (χ0n) is 18.7. The van der Waals surface area contributed by atoms with Gasteiger partial charge in [-0.25, -0.2) is 0 Å². The molecule has 2 heterocycles. The van der Waals surface area contributed by atoms with Gasteiger partial charge in [-0.15, -0.1) is 10.2 Å². The van der Waals surface area contributed by atoms with Crippen molar-refractivity contribution in [3.05, 3.63) is 36.4 Å². The van der Waals surface area contributed by atoms with Gasteiger partial charge in [0.25, 0.3) is 0 Å². The summed E-state index contributed by atoms with van der Waals surface area (Å²) in [6, 6.07) is 11.1. The summed E-state index contributed by atoms with van der Waals surface area (Å²) >= 11 is 1.34. The maximum Gasteiger partial charge on any atom is 0.234 e. The standard InChI is InChI=1S/C23H31N5O3S/c1-3-13-24-23(30)17-6-5-14-28(15-17)20-11-12-22(27-26-20)32-16-21(29)25-18-7-9-19(10-8-18)31-4-2/h7-12,17H,3-6,13-16H2,1-2H3,(H,24,30)(H,25,29)/t17-/m1/s1. The quantitative estimate of drug-likeness (QED) is 0.528. The Morgan fingerprint density at radius 2 is 1.97 bits per heavy atom. The number of nitrogens with zero attached hydrogens (tertiary/aromatic N) is 3. The number of thioether (sulfide) groups is 1. The van der Waals surface area contributed by atoms with Gasteiger partial charge in [0.2, 0.25) is 11.8 Å². The van der Waals surface area contributed by atoms with Crippen LogP contribution in [0, 0.1) is 5.92 Å². The zero-order chi connectivity index (χ0) is 22.8. The van der Waals surface area contributed by atoms with Crippen molar-refractivity contribution in [2.45, 2.75) is 38.1 Å². The van der Waals surface area contributed by atoms with E-state index >= 15 is 0 Å². The number of ether oxygens (including phenoxy) is 1. The number of carbonyl (C=O) groups excluding carboxylic acids is 2. The normalized spacial score (nSPS) is 15.8. The monoisotopic (exact) mass is 457 g/mol. The summed E-state index contributed by atoms with van der Waals surface area (Å²) in [7, 11) is 0. The molecule has 9 heteroatoms. The van der Waals surface area contributed by atoms with Gasteiger partial charge in [0, 0.05) is 25.3 Å². The van der Waals surface area contributed by atoms with Gasteiger partial charge in [0.1, 0.15) is 10.8 Å². The Balaban J connectivity index is 1.46. The SMILES string of the molecule is CCCNC(=O)[C@@H]1CCCN(c2ccc(SCC(=O)Nc3ccc(OCC)cc3)nn2)C1. The lowest BCUT2D eigenvalue weighted by atomic mass is 9.97. The summed E-state index contributed by atoms with van der Waals surface area (Å²) in [5.41, 5.74) is 0.725. The molecule has 1 fully saturated rings. The first-order valence-electron chi connectivity index (χ1n) is 11.1. The van der Waals surface area contributed by atoms with E-state index in [1.807, 2.05) is 50.2 Å².